The fraction of sp³-hybridized carbons (Fsp3) is 0.423. The van der Waals surface area contributed by atoms with Crippen molar-refractivity contribution < 1.29 is 22.8 Å². The summed E-state index contributed by atoms with van der Waals surface area (Å²) in [6, 6.07) is 5.20. The summed E-state index contributed by atoms with van der Waals surface area (Å²) in [6.45, 7) is -0.940. The van der Waals surface area contributed by atoms with E-state index in [0.717, 1.165) is 4.90 Å². The fourth-order valence-corrected chi connectivity index (χ4v) is 7.10. The number of H-pyrrole nitrogens is 2. The highest BCUT2D eigenvalue weighted by atomic mass is 79.9. The fourth-order valence-electron chi connectivity index (χ4n) is 6.02. The molecule has 5 heterocycles. The lowest BCUT2D eigenvalue weighted by molar-refractivity contribution is -0.165. The van der Waals surface area contributed by atoms with Crippen LogP contribution in [-0.4, -0.2) is 72.2 Å². The van der Waals surface area contributed by atoms with Gasteiger partial charge in [-0.25, -0.2) is 9.78 Å². The first-order valence-electron chi connectivity index (χ1n) is 13.0. The first kappa shape index (κ1) is 27.9. The van der Waals surface area contributed by atoms with Crippen LogP contribution in [0.15, 0.2) is 38.3 Å². The summed E-state index contributed by atoms with van der Waals surface area (Å²) in [5, 5.41) is 7.62. The third-order valence-corrected chi connectivity index (χ3v) is 9.06. The highest BCUT2D eigenvalue weighted by molar-refractivity contribution is 9.11. The summed E-state index contributed by atoms with van der Waals surface area (Å²) in [6.07, 6.45) is -2.05. The number of rotatable bonds is 4. The molecule has 10 nitrogen and oxygen atoms in total. The maximum Gasteiger partial charge on any atom is 0.406 e. The predicted molar refractivity (Wildman–Crippen MR) is 150 cm³/mol. The van der Waals surface area contributed by atoms with Gasteiger partial charge in [-0.1, -0.05) is 0 Å². The number of nitrogens with zero attached hydrogens (tertiary/aromatic N) is 5. The Bertz CT molecular complexity index is 1720. The van der Waals surface area contributed by atoms with Crippen LogP contribution >= 0.6 is 31.9 Å². The second kappa shape index (κ2) is 10.6. The molecule has 2 N–H and O–H groups in total. The van der Waals surface area contributed by atoms with Crippen LogP contribution < -0.4 is 5.69 Å². The van der Waals surface area contributed by atoms with Gasteiger partial charge in [0.25, 0.3) is 0 Å². The lowest BCUT2D eigenvalue weighted by atomic mass is 9.92. The van der Waals surface area contributed by atoms with Gasteiger partial charge in [0, 0.05) is 48.2 Å². The van der Waals surface area contributed by atoms with Crippen molar-refractivity contribution in [2.24, 2.45) is 5.92 Å². The first-order valence-corrected chi connectivity index (χ1v) is 14.6. The standard InChI is InChI=1S/C26H24Br2F3N7O3/c27-17-9-13-8-14(24(40)37(12-26(29,30)31)11-16(13)20-21(17)34-35-22(20)28)10-19(39)36-6-3-15(4-7-36)38-18-2-1-5-32-23(18)33-25(38)41/h1-2,5,9,14-15H,3-4,6-8,10-12H2,(H,34,35)(H,32,33,41). The average Bonchev–Trinajstić information content (AvgIpc) is 3.44. The van der Waals surface area contributed by atoms with Gasteiger partial charge in [0.2, 0.25) is 11.8 Å². The Balaban J connectivity index is 1.23. The van der Waals surface area contributed by atoms with Crippen LogP contribution in [-0.2, 0) is 22.6 Å². The van der Waals surface area contributed by atoms with Crippen molar-refractivity contribution in [2.75, 3.05) is 19.6 Å². The van der Waals surface area contributed by atoms with E-state index in [9.17, 15) is 27.6 Å². The molecule has 0 saturated carbocycles. The number of hydrogen-bond acceptors (Lipinski definition) is 5. The van der Waals surface area contributed by atoms with E-state index in [1.807, 2.05) is 6.07 Å². The average molecular weight is 699 g/mol. The van der Waals surface area contributed by atoms with E-state index in [4.69, 9.17) is 0 Å². The van der Waals surface area contributed by atoms with E-state index < -0.39 is 24.5 Å². The van der Waals surface area contributed by atoms with Crippen molar-refractivity contribution in [3.8, 4) is 0 Å². The van der Waals surface area contributed by atoms with E-state index in [2.05, 4.69) is 52.0 Å². The molecule has 6 rings (SSSR count). The number of amides is 2. The summed E-state index contributed by atoms with van der Waals surface area (Å²) < 4.78 is 43.4. The summed E-state index contributed by atoms with van der Waals surface area (Å²) >= 11 is 6.88. The topological polar surface area (TPSA) is 120 Å². The Morgan fingerprint density at radius 2 is 1.93 bits per heavy atom. The monoisotopic (exact) mass is 697 g/mol. The summed E-state index contributed by atoms with van der Waals surface area (Å²) in [5.74, 6) is -1.96. The number of benzene rings is 1. The number of hydrogen-bond donors (Lipinski definition) is 2. The molecule has 3 aromatic heterocycles. The van der Waals surface area contributed by atoms with Gasteiger partial charge in [-0.3, -0.25) is 24.2 Å². The van der Waals surface area contributed by atoms with Crippen LogP contribution in [0.2, 0.25) is 0 Å². The van der Waals surface area contributed by atoms with Crippen LogP contribution in [0.3, 0.4) is 0 Å². The molecular weight excluding hydrogens is 675 g/mol. The third kappa shape index (κ3) is 5.29. The molecule has 1 fully saturated rings. The van der Waals surface area contributed by atoms with Crippen molar-refractivity contribution in [3.63, 3.8) is 0 Å². The van der Waals surface area contributed by atoms with Gasteiger partial charge in [0.15, 0.2) is 5.65 Å². The maximum atomic E-state index is 13.5. The molecule has 216 valence electrons. The van der Waals surface area contributed by atoms with E-state index in [1.54, 1.807) is 27.8 Å². The number of imidazole rings is 1. The van der Waals surface area contributed by atoms with Crippen molar-refractivity contribution in [3.05, 3.63) is 55.1 Å². The van der Waals surface area contributed by atoms with Crippen LogP contribution in [0.25, 0.3) is 22.1 Å². The predicted octanol–water partition coefficient (Wildman–Crippen LogP) is 4.44. The molecule has 4 aromatic rings. The Morgan fingerprint density at radius 3 is 2.66 bits per heavy atom. The van der Waals surface area contributed by atoms with Gasteiger partial charge in [-0.15, -0.1) is 0 Å². The molecule has 0 spiro atoms. The number of aromatic nitrogens is 5. The van der Waals surface area contributed by atoms with Gasteiger partial charge in [0.1, 0.15) is 16.7 Å². The normalized spacial score (nSPS) is 18.8. The zero-order valence-electron chi connectivity index (χ0n) is 21.5. The Kier molecular flexibility index (Phi) is 7.20. The molecule has 0 aliphatic carbocycles. The number of aromatic amines is 2. The van der Waals surface area contributed by atoms with Gasteiger partial charge in [0.05, 0.1) is 11.4 Å². The van der Waals surface area contributed by atoms with E-state index in [1.165, 1.54) is 0 Å². The van der Waals surface area contributed by atoms with E-state index in [-0.39, 0.29) is 37.0 Å². The SMILES string of the molecule is O=C(CC1Cc2cc(Br)c3n[nH]c(Br)c3c2CN(CC(F)(F)F)C1=O)N1CCC(n2c(=O)[nH]c3ncccc32)CC1. The second-order valence-corrected chi connectivity index (χ2v) is 12.1. The molecule has 2 aliphatic heterocycles. The molecule has 1 unspecified atom stereocenters. The molecule has 1 saturated heterocycles. The van der Waals surface area contributed by atoms with Crippen molar-refractivity contribution >= 4 is 65.7 Å². The number of likely N-dealkylation sites (tertiary alicyclic amines) is 1. The Hall–Kier alpha value is -3.20. The number of pyridine rings is 1. The highest BCUT2D eigenvalue weighted by Gasteiger charge is 2.40. The van der Waals surface area contributed by atoms with Crippen LogP contribution in [0.5, 0.6) is 0 Å². The quantitative estimate of drug-likeness (QED) is 0.327. The van der Waals surface area contributed by atoms with Gasteiger partial charge >= 0.3 is 11.9 Å². The zero-order chi connectivity index (χ0) is 29.1. The second-order valence-electron chi connectivity index (χ2n) is 10.5. The Morgan fingerprint density at radius 1 is 1.17 bits per heavy atom. The zero-order valence-corrected chi connectivity index (χ0v) is 24.6. The summed E-state index contributed by atoms with van der Waals surface area (Å²) in [4.78, 5) is 48.8. The number of alkyl halides is 3. The number of piperidine rings is 1. The molecule has 0 bridgehead atoms. The van der Waals surface area contributed by atoms with Gasteiger partial charge in [-0.05, 0) is 80.4 Å². The maximum absolute atomic E-state index is 13.5. The minimum Gasteiger partial charge on any atom is -0.343 e. The molecule has 0 radical (unpaired) electrons. The number of nitrogens with one attached hydrogen (secondary N) is 2. The van der Waals surface area contributed by atoms with Gasteiger partial charge < -0.3 is 9.80 Å². The van der Waals surface area contributed by atoms with Crippen molar-refractivity contribution in [1.82, 2.24) is 34.5 Å². The van der Waals surface area contributed by atoms with Crippen LogP contribution in [0.4, 0.5) is 13.2 Å². The molecule has 1 atom stereocenters. The highest BCUT2D eigenvalue weighted by Crippen LogP contribution is 2.38. The largest absolute Gasteiger partial charge is 0.406 e. The first-order chi connectivity index (χ1) is 19.5. The summed E-state index contributed by atoms with van der Waals surface area (Å²) in [5.41, 5.74) is 2.72. The smallest absolute Gasteiger partial charge is 0.343 e. The van der Waals surface area contributed by atoms with Crippen LogP contribution in [0.1, 0.15) is 36.4 Å². The Labute approximate surface area is 247 Å². The number of carbonyl (C=O) groups excluding carboxylic acids is 2. The van der Waals surface area contributed by atoms with Crippen molar-refractivity contribution in [2.45, 2.75) is 44.4 Å². The summed E-state index contributed by atoms with van der Waals surface area (Å²) in [7, 11) is 0. The van der Waals surface area contributed by atoms with Crippen LogP contribution in [0, 0.1) is 5.92 Å². The number of fused-ring (bicyclic) bond motifs is 4. The number of carbonyl (C=O) groups is 2. The van der Waals surface area contributed by atoms with Gasteiger partial charge in [-0.2, -0.15) is 18.3 Å². The lowest BCUT2D eigenvalue weighted by Crippen LogP contribution is -2.44. The molecule has 1 aromatic carbocycles. The van der Waals surface area contributed by atoms with E-state index in [0.29, 0.717) is 68.2 Å². The minimum atomic E-state index is -4.60. The minimum absolute atomic E-state index is 0.120. The lowest BCUT2D eigenvalue weighted by Gasteiger charge is -2.33. The molecular formula is C26H24Br2F3N7O3. The molecule has 2 amide bonds. The van der Waals surface area contributed by atoms with Crippen molar-refractivity contribution in [1.29, 1.82) is 0 Å². The third-order valence-electron chi connectivity index (χ3n) is 7.88. The van der Waals surface area contributed by atoms with E-state index >= 15 is 0 Å². The molecule has 15 heteroatoms. The number of halogens is 5. The molecule has 2 aliphatic rings. The molecule has 41 heavy (non-hydrogen) atoms.